The lowest BCUT2D eigenvalue weighted by Crippen LogP contribution is -2.32. The minimum absolute atomic E-state index is 0.205. The number of anilines is 1. The molecule has 0 aliphatic carbocycles. The van der Waals surface area contributed by atoms with Crippen LogP contribution in [0.25, 0.3) is 0 Å². The number of halogens is 3. The van der Waals surface area contributed by atoms with Crippen LogP contribution in [0.3, 0.4) is 0 Å². The molecule has 2 N–H and O–H groups in total. The molecule has 2 amide bonds. The van der Waals surface area contributed by atoms with E-state index in [1.807, 2.05) is 0 Å². The zero-order valence-corrected chi connectivity index (χ0v) is 13.5. The maximum atomic E-state index is 11.9. The maximum absolute atomic E-state index is 11.9. The van der Waals surface area contributed by atoms with Crippen LogP contribution in [-0.2, 0) is 4.79 Å². The predicted octanol–water partition coefficient (Wildman–Crippen LogP) is 4.02. The molecule has 0 fully saturated rings. The van der Waals surface area contributed by atoms with Gasteiger partial charge in [-0.25, -0.2) is 0 Å². The van der Waals surface area contributed by atoms with Crippen LogP contribution < -0.4 is 10.6 Å². The molecule has 0 aromatic heterocycles. The van der Waals surface area contributed by atoms with E-state index < -0.39 is 5.91 Å². The average Bonchev–Trinajstić information content (AvgIpc) is 2.49. The van der Waals surface area contributed by atoms with Crippen molar-refractivity contribution in [3.05, 3.63) is 63.1 Å². The minimum Gasteiger partial charge on any atom is -0.343 e. The van der Waals surface area contributed by atoms with E-state index in [0.29, 0.717) is 26.3 Å². The largest absolute Gasteiger partial charge is 0.343 e. The molecule has 0 aliphatic heterocycles. The van der Waals surface area contributed by atoms with Gasteiger partial charge in [0.05, 0.1) is 22.3 Å². The van der Waals surface area contributed by atoms with Gasteiger partial charge in [-0.05, 0) is 36.4 Å². The zero-order valence-electron chi connectivity index (χ0n) is 11.2. The van der Waals surface area contributed by atoms with Gasteiger partial charge >= 0.3 is 0 Å². The summed E-state index contributed by atoms with van der Waals surface area (Å²) in [5, 5.41) is 6.23. The molecule has 0 aliphatic rings. The van der Waals surface area contributed by atoms with E-state index >= 15 is 0 Å². The van der Waals surface area contributed by atoms with Gasteiger partial charge in [0.2, 0.25) is 5.91 Å². The van der Waals surface area contributed by atoms with Gasteiger partial charge in [0, 0.05) is 10.6 Å². The van der Waals surface area contributed by atoms with Crippen molar-refractivity contribution in [3.8, 4) is 0 Å². The molecular weight excluding hydrogens is 347 g/mol. The number of amides is 2. The monoisotopic (exact) mass is 356 g/mol. The van der Waals surface area contributed by atoms with Gasteiger partial charge in [-0.2, -0.15) is 0 Å². The average molecular weight is 358 g/mol. The Balaban J connectivity index is 1.93. The van der Waals surface area contributed by atoms with Crippen LogP contribution in [0.15, 0.2) is 42.5 Å². The summed E-state index contributed by atoms with van der Waals surface area (Å²) in [5.74, 6) is -0.811. The highest BCUT2D eigenvalue weighted by Crippen LogP contribution is 2.29. The Morgan fingerprint density at radius 3 is 2.09 bits per heavy atom. The first kappa shape index (κ1) is 16.6. The summed E-state index contributed by atoms with van der Waals surface area (Å²) in [6.07, 6.45) is 0. The van der Waals surface area contributed by atoms with Crippen molar-refractivity contribution in [1.82, 2.24) is 5.32 Å². The van der Waals surface area contributed by atoms with Gasteiger partial charge in [-0.3, -0.25) is 9.59 Å². The van der Waals surface area contributed by atoms with Crippen LogP contribution in [0.5, 0.6) is 0 Å². The molecule has 0 unspecified atom stereocenters. The van der Waals surface area contributed by atoms with Gasteiger partial charge in [-0.15, -0.1) is 0 Å². The van der Waals surface area contributed by atoms with E-state index in [2.05, 4.69) is 10.6 Å². The molecule has 4 nitrogen and oxygen atoms in total. The van der Waals surface area contributed by atoms with E-state index in [-0.39, 0.29) is 12.5 Å². The molecule has 2 rings (SSSR count). The third-order valence-corrected chi connectivity index (χ3v) is 3.63. The number of hydrogen-bond donors (Lipinski definition) is 2. The highest BCUT2D eigenvalue weighted by Gasteiger charge is 2.11. The zero-order chi connectivity index (χ0) is 16.1. The summed E-state index contributed by atoms with van der Waals surface area (Å²) in [4.78, 5) is 23.7. The van der Waals surface area contributed by atoms with Gasteiger partial charge in [-0.1, -0.05) is 40.9 Å². The van der Waals surface area contributed by atoms with E-state index in [1.165, 1.54) is 0 Å². The second kappa shape index (κ2) is 7.49. The molecule has 0 atom stereocenters. The summed E-state index contributed by atoms with van der Waals surface area (Å²) in [7, 11) is 0. The highest BCUT2D eigenvalue weighted by molar-refractivity contribution is 6.39. The maximum Gasteiger partial charge on any atom is 0.251 e. The molecular formula is C15H11Cl3N2O2. The van der Waals surface area contributed by atoms with Gasteiger partial charge in [0.25, 0.3) is 5.91 Å². The molecule has 2 aromatic carbocycles. The van der Waals surface area contributed by atoms with Crippen LogP contribution in [0, 0.1) is 0 Å². The number of rotatable bonds is 4. The molecule has 0 bridgehead atoms. The molecule has 0 saturated heterocycles. The topological polar surface area (TPSA) is 58.2 Å². The molecule has 114 valence electrons. The van der Waals surface area contributed by atoms with Crippen molar-refractivity contribution in [1.29, 1.82) is 0 Å². The summed E-state index contributed by atoms with van der Waals surface area (Å²) in [6.45, 7) is -0.205. The molecule has 0 spiro atoms. The number of carbonyl (C=O) groups is 2. The molecule has 7 heteroatoms. The predicted molar refractivity (Wildman–Crippen MR) is 88.9 cm³/mol. The van der Waals surface area contributed by atoms with Crippen molar-refractivity contribution < 1.29 is 9.59 Å². The molecule has 0 heterocycles. The van der Waals surface area contributed by atoms with Crippen molar-refractivity contribution in [2.75, 3.05) is 11.9 Å². The first-order valence-corrected chi connectivity index (χ1v) is 7.38. The Morgan fingerprint density at radius 1 is 0.909 bits per heavy atom. The van der Waals surface area contributed by atoms with E-state index in [0.717, 1.165) is 0 Å². The lowest BCUT2D eigenvalue weighted by molar-refractivity contribution is -0.115. The van der Waals surface area contributed by atoms with E-state index in [9.17, 15) is 9.59 Å². The van der Waals surface area contributed by atoms with Crippen molar-refractivity contribution in [3.63, 3.8) is 0 Å². The van der Waals surface area contributed by atoms with E-state index in [4.69, 9.17) is 34.8 Å². The summed E-state index contributed by atoms with van der Waals surface area (Å²) < 4.78 is 0. The SMILES string of the molecule is O=C(CNC(=O)c1ccc(Cl)cc1)Nc1c(Cl)cccc1Cl. The lowest BCUT2D eigenvalue weighted by atomic mass is 10.2. The summed E-state index contributed by atoms with van der Waals surface area (Å²) in [5.41, 5.74) is 0.726. The smallest absolute Gasteiger partial charge is 0.251 e. The van der Waals surface area contributed by atoms with Crippen LogP contribution >= 0.6 is 34.8 Å². The highest BCUT2D eigenvalue weighted by atomic mass is 35.5. The molecule has 22 heavy (non-hydrogen) atoms. The number of hydrogen-bond acceptors (Lipinski definition) is 2. The number of nitrogens with one attached hydrogen (secondary N) is 2. The van der Waals surface area contributed by atoms with Gasteiger partial charge in [0.15, 0.2) is 0 Å². The number of benzene rings is 2. The van der Waals surface area contributed by atoms with Crippen LogP contribution in [0.2, 0.25) is 15.1 Å². The Labute approximate surface area is 142 Å². The number of para-hydroxylation sites is 1. The van der Waals surface area contributed by atoms with E-state index in [1.54, 1.807) is 42.5 Å². The lowest BCUT2D eigenvalue weighted by Gasteiger charge is -2.10. The fourth-order valence-corrected chi connectivity index (χ4v) is 2.28. The fraction of sp³-hybridized carbons (Fsp3) is 0.0667. The van der Waals surface area contributed by atoms with Crippen molar-refractivity contribution in [2.24, 2.45) is 0 Å². The van der Waals surface area contributed by atoms with Gasteiger partial charge < -0.3 is 10.6 Å². The molecule has 0 radical (unpaired) electrons. The van der Waals surface area contributed by atoms with Crippen molar-refractivity contribution in [2.45, 2.75) is 0 Å². The van der Waals surface area contributed by atoms with Crippen molar-refractivity contribution >= 4 is 52.3 Å². The molecule has 2 aromatic rings. The summed E-state index contributed by atoms with van der Waals surface area (Å²) in [6, 6.07) is 11.2. The summed E-state index contributed by atoms with van der Waals surface area (Å²) >= 11 is 17.6. The van der Waals surface area contributed by atoms with Crippen LogP contribution in [0.1, 0.15) is 10.4 Å². The first-order valence-electron chi connectivity index (χ1n) is 6.25. The Hall–Kier alpha value is -1.75. The Kier molecular flexibility index (Phi) is 5.66. The quantitative estimate of drug-likeness (QED) is 0.868. The standard InChI is InChI=1S/C15H11Cl3N2O2/c16-10-6-4-9(5-7-10)15(22)19-8-13(21)20-14-11(17)2-1-3-12(14)18/h1-7H,8H2,(H,19,22)(H,20,21). The minimum atomic E-state index is -0.433. The van der Waals surface area contributed by atoms with Crippen LogP contribution in [-0.4, -0.2) is 18.4 Å². The van der Waals surface area contributed by atoms with Crippen LogP contribution in [0.4, 0.5) is 5.69 Å². The third kappa shape index (κ3) is 4.37. The molecule has 0 saturated carbocycles. The third-order valence-electron chi connectivity index (χ3n) is 2.74. The fourth-order valence-electron chi connectivity index (χ4n) is 1.66. The second-order valence-electron chi connectivity index (χ2n) is 4.33. The normalized spacial score (nSPS) is 10.1. The first-order chi connectivity index (χ1) is 10.5. The second-order valence-corrected chi connectivity index (χ2v) is 5.59. The number of carbonyl (C=O) groups excluding carboxylic acids is 2. The Morgan fingerprint density at radius 2 is 1.50 bits per heavy atom. The van der Waals surface area contributed by atoms with Gasteiger partial charge in [0.1, 0.15) is 0 Å². The Bertz CT molecular complexity index is 682.